The molecule has 9 heteroatoms. The Kier molecular flexibility index (Phi) is 9.98. The summed E-state index contributed by atoms with van der Waals surface area (Å²) in [6.45, 7) is 10.8. The number of ether oxygens (including phenoxy) is 1. The van der Waals surface area contributed by atoms with E-state index in [1.807, 2.05) is 58.0 Å². The van der Waals surface area contributed by atoms with Gasteiger partial charge in [0.05, 0.1) is 17.2 Å². The number of aryl methyl sites for hydroxylation is 1. The Morgan fingerprint density at radius 3 is 2.12 bits per heavy atom. The van der Waals surface area contributed by atoms with Crippen LogP contribution in [0.5, 0.6) is 5.75 Å². The van der Waals surface area contributed by atoms with Crippen LogP contribution in [0.3, 0.4) is 0 Å². The van der Waals surface area contributed by atoms with Crippen LogP contribution in [-0.2, 0) is 26.2 Å². The molecule has 0 aliphatic heterocycles. The summed E-state index contributed by atoms with van der Waals surface area (Å²) in [5.74, 6) is -0.525. The maximum absolute atomic E-state index is 14.0. The molecule has 8 nitrogen and oxygen atoms in total. The lowest BCUT2D eigenvalue weighted by Crippen LogP contribution is -2.54. The van der Waals surface area contributed by atoms with Crippen molar-refractivity contribution in [3.63, 3.8) is 0 Å². The van der Waals surface area contributed by atoms with E-state index in [0.29, 0.717) is 12.4 Å². The van der Waals surface area contributed by atoms with Gasteiger partial charge in [-0.3, -0.25) is 13.9 Å². The molecule has 3 aromatic carbocycles. The van der Waals surface area contributed by atoms with Gasteiger partial charge in [-0.05, 0) is 71.4 Å². The quantitative estimate of drug-likeness (QED) is 0.356. The molecule has 2 amide bonds. The maximum atomic E-state index is 14.0. The number of carbonyl (C=O) groups excluding carboxylic acids is 2. The molecule has 0 fully saturated rings. The van der Waals surface area contributed by atoms with Crippen LogP contribution in [0.25, 0.3) is 0 Å². The second-order valence-electron chi connectivity index (χ2n) is 10.6. The molecule has 0 radical (unpaired) electrons. The number of rotatable bonds is 11. The largest absolute Gasteiger partial charge is 0.492 e. The molecule has 0 heterocycles. The molecular formula is C31H39N3O5S. The molecule has 1 atom stereocenters. The third kappa shape index (κ3) is 7.85. The Balaban J connectivity index is 2.08. The van der Waals surface area contributed by atoms with Gasteiger partial charge in [-0.15, -0.1) is 0 Å². The minimum absolute atomic E-state index is 0.0466. The van der Waals surface area contributed by atoms with E-state index >= 15 is 0 Å². The smallest absolute Gasteiger partial charge is 0.264 e. The van der Waals surface area contributed by atoms with E-state index < -0.39 is 34.1 Å². The summed E-state index contributed by atoms with van der Waals surface area (Å²) < 4.78 is 34.9. The summed E-state index contributed by atoms with van der Waals surface area (Å²) in [6, 6.07) is 21.6. The molecule has 0 spiro atoms. The van der Waals surface area contributed by atoms with E-state index in [4.69, 9.17) is 4.74 Å². The van der Waals surface area contributed by atoms with Gasteiger partial charge in [-0.25, -0.2) is 8.42 Å². The number of amides is 2. The van der Waals surface area contributed by atoms with Gasteiger partial charge in [0.25, 0.3) is 10.0 Å². The maximum Gasteiger partial charge on any atom is 0.264 e. The van der Waals surface area contributed by atoms with E-state index in [9.17, 15) is 18.0 Å². The van der Waals surface area contributed by atoms with E-state index in [2.05, 4.69) is 5.32 Å². The molecular weight excluding hydrogens is 526 g/mol. The molecule has 214 valence electrons. The normalized spacial score (nSPS) is 12.3. The molecule has 0 saturated heterocycles. The van der Waals surface area contributed by atoms with Crippen LogP contribution < -0.4 is 14.4 Å². The summed E-state index contributed by atoms with van der Waals surface area (Å²) in [6.07, 6.45) is 0. The molecule has 0 aliphatic carbocycles. The van der Waals surface area contributed by atoms with Gasteiger partial charge in [-0.1, -0.05) is 60.2 Å². The lowest BCUT2D eigenvalue weighted by atomic mass is 10.1. The number of nitrogens with zero attached hydrogens (tertiary/aromatic N) is 2. The van der Waals surface area contributed by atoms with Crippen molar-refractivity contribution in [2.24, 2.45) is 0 Å². The number of hydrogen-bond acceptors (Lipinski definition) is 5. The minimum Gasteiger partial charge on any atom is -0.492 e. The fourth-order valence-electron chi connectivity index (χ4n) is 4.13. The van der Waals surface area contributed by atoms with E-state index in [1.54, 1.807) is 50.2 Å². The molecule has 3 aromatic rings. The topological polar surface area (TPSA) is 96.0 Å². The SMILES string of the molecule is CCOc1ccccc1N(CC(=O)N(Cc1ccccc1)C(C)C(=O)NC(C)(C)C)S(=O)(=O)c1ccc(C)cc1. The van der Waals surface area contributed by atoms with Crippen molar-refractivity contribution in [3.05, 3.63) is 90.0 Å². The van der Waals surface area contributed by atoms with Gasteiger partial charge in [-0.2, -0.15) is 0 Å². The average Bonchev–Trinajstić information content (AvgIpc) is 2.90. The van der Waals surface area contributed by atoms with E-state index in [-0.39, 0.29) is 23.0 Å². The Morgan fingerprint density at radius 1 is 0.925 bits per heavy atom. The number of benzene rings is 3. The molecule has 1 N–H and O–H groups in total. The molecule has 0 aliphatic rings. The molecule has 3 rings (SSSR count). The standard InChI is InChI=1S/C31H39N3O5S/c1-7-39-28-16-12-11-15-27(28)34(40(37,38)26-19-17-23(2)18-20-26)22-29(35)33(21-25-13-9-8-10-14-25)24(3)30(36)32-31(4,5)6/h8-20,24H,7,21-22H2,1-6H3,(H,32,36). The van der Waals surface area contributed by atoms with E-state index in [0.717, 1.165) is 15.4 Å². The van der Waals surface area contributed by atoms with Crippen LogP contribution in [0, 0.1) is 6.92 Å². The molecule has 0 bridgehead atoms. The van der Waals surface area contributed by atoms with Gasteiger partial charge in [0.1, 0.15) is 18.3 Å². The van der Waals surface area contributed by atoms with Gasteiger partial charge >= 0.3 is 0 Å². The molecule has 0 aromatic heterocycles. The second kappa shape index (κ2) is 13.0. The first-order chi connectivity index (χ1) is 18.8. The highest BCUT2D eigenvalue weighted by molar-refractivity contribution is 7.92. The number of anilines is 1. The summed E-state index contributed by atoms with van der Waals surface area (Å²) in [4.78, 5) is 28.7. The van der Waals surface area contributed by atoms with Crippen LogP contribution in [-0.4, -0.2) is 49.9 Å². The van der Waals surface area contributed by atoms with Gasteiger partial charge in [0.2, 0.25) is 11.8 Å². The van der Waals surface area contributed by atoms with Crippen molar-refractivity contribution >= 4 is 27.5 Å². The Morgan fingerprint density at radius 2 is 1.52 bits per heavy atom. The van der Waals surface area contributed by atoms with Gasteiger partial charge in [0, 0.05) is 12.1 Å². The fourth-order valence-corrected chi connectivity index (χ4v) is 5.55. The number of hydrogen-bond donors (Lipinski definition) is 1. The third-order valence-corrected chi connectivity index (χ3v) is 7.96. The average molecular weight is 566 g/mol. The molecule has 1 unspecified atom stereocenters. The zero-order chi connectivity index (χ0) is 29.5. The predicted octanol–water partition coefficient (Wildman–Crippen LogP) is 4.92. The Hall–Kier alpha value is -3.85. The van der Waals surface area contributed by atoms with E-state index in [1.165, 1.54) is 17.0 Å². The summed E-state index contributed by atoms with van der Waals surface area (Å²) >= 11 is 0. The number of para-hydroxylation sites is 2. The number of carbonyl (C=O) groups is 2. The van der Waals surface area contributed by atoms with Crippen LogP contribution in [0.4, 0.5) is 5.69 Å². The summed E-state index contributed by atoms with van der Waals surface area (Å²) in [7, 11) is -4.18. The summed E-state index contributed by atoms with van der Waals surface area (Å²) in [5.41, 5.74) is 1.45. The summed E-state index contributed by atoms with van der Waals surface area (Å²) in [5, 5.41) is 2.93. The lowest BCUT2D eigenvalue weighted by molar-refractivity contribution is -0.140. The van der Waals surface area contributed by atoms with Crippen molar-refractivity contribution in [2.45, 2.75) is 64.6 Å². The highest BCUT2D eigenvalue weighted by Crippen LogP contribution is 2.33. The fraction of sp³-hybridized carbons (Fsp3) is 0.355. The predicted molar refractivity (Wildman–Crippen MR) is 158 cm³/mol. The van der Waals surface area contributed by atoms with Crippen molar-refractivity contribution < 1.29 is 22.7 Å². The zero-order valence-electron chi connectivity index (χ0n) is 24.0. The molecule has 40 heavy (non-hydrogen) atoms. The Bertz CT molecular complexity index is 1400. The Labute approximate surface area is 238 Å². The van der Waals surface area contributed by atoms with Crippen LogP contribution in [0.2, 0.25) is 0 Å². The minimum atomic E-state index is -4.18. The lowest BCUT2D eigenvalue weighted by Gasteiger charge is -2.33. The zero-order valence-corrected chi connectivity index (χ0v) is 24.9. The van der Waals surface area contributed by atoms with Crippen molar-refractivity contribution in [3.8, 4) is 5.75 Å². The van der Waals surface area contributed by atoms with Crippen LogP contribution in [0.1, 0.15) is 45.7 Å². The van der Waals surface area contributed by atoms with Crippen LogP contribution >= 0.6 is 0 Å². The number of nitrogens with one attached hydrogen (secondary N) is 1. The molecule has 0 saturated carbocycles. The highest BCUT2D eigenvalue weighted by Gasteiger charge is 2.34. The van der Waals surface area contributed by atoms with Gasteiger partial charge in [0.15, 0.2) is 0 Å². The number of sulfonamides is 1. The van der Waals surface area contributed by atoms with Crippen LogP contribution in [0.15, 0.2) is 83.8 Å². The van der Waals surface area contributed by atoms with Gasteiger partial charge < -0.3 is 15.0 Å². The van der Waals surface area contributed by atoms with Crippen molar-refractivity contribution in [1.29, 1.82) is 0 Å². The first kappa shape index (κ1) is 30.7. The highest BCUT2D eigenvalue weighted by atomic mass is 32.2. The monoisotopic (exact) mass is 565 g/mol. The third-order valence-electron chi connectivity index (χ3n) is 6.18. The van der Waals surface area contributed by atoms with Crippen molar-refractivity contribution in [1.82, 2.24) is 10.2 Å². The first-order valence-electron chi connectivity index (χ1n) is 13.3. The van der Waals surface area contributed by atoms with Crippen molar-refractivity contribution in [2.75, 3.05) is 17.5 Å². The second-order valence-corrected chi connectivity index (χ2v) is 12.5. The first-order valence-corrected chi connectivity index (χ1v) is 14.7.